The van der Waals surface area contributed by atoms with Crippen LogP contribution in [0, 0.1) is 37.0 Å². The van der Waals surface area contributed by atoms with E-state index in [0.29, 0.717) is 5.92 Å². The molecule has 1 unspecified atom stereocenters. The number of nitriles is 1. The summed E-state index contributed by atoms with van der Waals surface area (Å²) in [5.74, 6) is 0.553. The third-order valence-electron chi connectivity index (χ3n) is 3.74. The van der Waals surface area contributed by atoms with Gasteiger partial charge in [-0.1, -0.05) is 37.6 Å². The van der Waals surface area contributed by atoms with Crippen molar-refractivity contribution in [1.29, 1.82) is 5.26 Å². The number of benzene rings is 1. The Labute approximate surface area is 118 Å². The van der Waals surface area contributed by atoms with Crippen LogP contribution in [0.15, 0.2) is 18.2 Å². The maximum Gasteiger partial charge on any atom is 0.0671 e. The van der Waals surface area contributed by atoms with Crippen molar-refractivity contribution in [3.05, 3.63) is 34.9 Å². The van der Waals surface area contributed by atoms with E-state index in [1.807, 2.05) is 0 Å². The second-order valence-electron chi connectivity index (χ2n) is 5.92. The van der Waals surface area contributed by atoms with Gasteiger partial charge >= 0.3 is 0 Å². The highest BCUT2D eigenvalue weighted by Crippen LogP contribution is 2.13. The first kappa shape index (κ1) is 15.7. The van der Waals surface area contributed by atoms with Gasteiger partial charge in [0.05, 0.1) is 12.0 Å². The van der Waals surface area contributed by atoms with Gasteiger partial charge < -0.3 is 4.90 Å². The fraction of sp³-hybridized carbons (Fsp3) is 0.588. The quantitative estimate of drug-likeness (QED) is 0.780. The van der Waals surface area contributed by atoms with Crippen LogP contribution in [-0.4, -0.2) is 25.0 Å². The Morgan fingerprint density at radius 3 is 2.47 bits per heavy atom. The molecule has 104 valence electrons. The van der Waals surface area contributed by atoms with E-state index in [4.69, 9.17) is 5.26 Å². The molecule has 0 aromatic heterocycles. The zero-order valence-electron chi connectivity index (χ0n) is 12.9. The normalized spacial score (nSPS) is 12.7. The Kier molecular flexibility index (Phi) is 6.05. The molecule has 0 aliphatic heterocycles. The van der Waals surface area contributed by atoms with Crippen molar-refractivity contribution in [2.45, 2.75) is 34.1 Å². The lowest BCUT2D eigenvalue weighted by atomic mass is 9.97. The largest absolute Gasteiger partial charge is 0.305 e. The molecule has 0 saturated heterocycles. The summed E-state index contributed by atoms with van der Waals surface area (Å²) in [6.07, 6.45) is 1.05. The predicted octanol–water partition coefficient (Wildman–Crippen LogP) is 3.57. The molecular formula is C17H26N2. The van der Waals surface area contributed by atoms with Crippen molar-refractivity contribution < 1.29 is 0 Å². The molecular weight excluding hydrogens is 232 g/mol. The maximum absolute atomic E-state index is 9.13. The van der Waals surface area contributed by atoms with Crippen LogP contribution in [0.5, 0.6) is 0 Å². The molecule has 0 amide bonds. The fourth-order valence-electron chi connectivity index (χ4n) is 2.27. The number of nitrogens with zero attached hydrogens (tertiary/aromatic N) is 2. The highest BCUT2D eigenvalue weighted by atomic mass is 15.1. The van der Waals surface area contributed by atoms with Crippen LogP contribution in [0.1, 0.15) is 30.5 Å². The second kappa shape index (κ2) is 7.31. The molecule has 1 atom stereocenters. The smallest absolute Gasteiger partial charge is 0.0671 e. The Morgan fingerprint density at radius 1 is 1.26 bits per heavy atom. The van der Waals surface area contributed by atoms with E-state index in [0.717, 1.165) is 19.5 Å². The van der Waals surface area contributed by atoms with Crippen LogP contribution in [0.3, 0.4) is 0 Å². The van der Waals surface area contributed by atoms with Crippen LogP contribution in [-0.2, 0) is 6.42 Å². The van der Waals surface area contributed by atoms with Gasteiger partial charge in [0.1, 0.15) is 0 Å². The van der Waals surface area contributed by atoms with E-state index in [-0.39, 0.29) is 5.92 Å². The second-order valence-corrected chi connectivity index (χ2v) is 5.92. The lowest BCUT2D eigenvalue weighted by Crippen LogP contribution is -2.29. The van der Waals surface area contributed by atoms with E-state index >= 15 is 0 Å². The van der Waals surface area contributed by atoms with Gasteiger partial charge in [-0.2, -0.15) is 5.26 Å². The molecule has 2 nitrogen and oxygen atoms in total. The van der Waals surface area contributed by atoms with Crippen LogP contribution in [0.4, 0.5) is 0 Å². The summed E-state index contributed by atoms with van der Waals surface area (Å²) in [6.45, 7) is 10.4. The van der Waals surface area contributed by atoms with Crippen molar-refractivity contribution in [3.8, 4) is 6.07 Å². The van der Waals surface area contributed by atoms with Crippen molar-refractivity contribution in [2.75, 3.05) is 20.1 Å². The molecule has 1 aromatic carbocycles. The SMILES string of the molecule is Cc1ccc(CCN(C)CC(C#N)C(C)C)c(C)c1. The highest BCUT2D eigenvalue weighted by Gasteiger charge is 2.14. The van der Waals surface area contributed by atoms with Gasteiger partial charge in [0, 0.05) is 13.1 Å². The van der Waals surface area contributed by atoms with E-state index in [1.165, 1.54) is 16.7 Å². The van der Waals surface area contributed by atoms with Gasteiger partial charge in [-0.15, -0.1) is 0 Å². The van der Waals surface area contributed by atoms with Crippen molar-refractivity contribution >= 4 is 0 Å². The Morgan fingerprint density at radius 2 is 1.95 bits per heavy atom. The van der Waals surface area contributed by atoms with Crippen molar-refractivity contribution in [3.63, 3.8) is 0 Å². The van der Waals surface area contributed by atoms with Gasteiger partial charge in [0.2, 0.25) is 0 Å². The fourth-order valence-corrected chi connectivity index (χ4v) is 2.27. The third-order valence-corrected chi connectivity index (χ3v) is 3.74. The zero-order valence-corrected chi connectivity index (χ0v) is 12.9. The standard InChI is InChI=1S/C17H26N2/c1-13(2)17(11-18)12-19(5)9-8-16-7-6-14(3)10-15(16)4/h6-7,10,13,17H,8-9,12H2,1-5H3. The molecule has 0 saturated carbocycles. The van der Waals surface area contributed by atoms with Gasteiger partial charge in [0.25, 0.3) is 0 Å². The highest BCUT2D eigenvalue weighted by molar-refractivity contribution is 5.30. The molecule has 0 heterocycles. The molecule has 1 aromatic rings. The third kappa shape index (κ3) is 5.04. The minimum atomic E-state index is 0.129. The summed E-state index contributed by atoms with van der Waals surface area (Å²) in [6, 6.07) is 9.05. The summed E-state index contributed by atoms with van der Waals surface area (Å²) in [5.41, 5.74) is 4.10. The van der Waals surface area contributed by atoms with Crippen LogP contribution < -0.4 is 0 Å². The molecule has 0 spiro atoms. The number of aryl methyl sites for hydroxylation is 2. The van der Waals surface area contributed by atoms with E-state index < -0.39 is 0 Å². The van der Waals surface area contributed by atoms with Crippen molar-refractivity contribution in [1.82, 2.24) is 4.90 Å². The van der Waals surface area contributed by atoms with E-state index in [9.17, 15) is 0 Å². The Balaban J connectivity index is 2.50. The minimum Gasteiger partial charge on any atom is -0.305 e. The van der Waals surface area contributed by atoms with E-state index in [2.05, 4.69) is 63.9 Å². The minimum absolute atomic E-state index is 0.129. The Bertz CT molecular complexity index is 443. The first-order valence-electron chi connectivity index (χ1n) is 7.08. The predicted molar refractivity (Wildman–Crippen MR) is 81.1 cm³/mol. The summed E-state index contributed by atoms with van der Waals surface area (Å²) >= 11 is 0. The van der Waals surface area contributed by atoms with Gasteiger partial charge in [-0.3, -0.25) is 0 Å². The maximum atomic E-state index is 9.13. The summed E-state index contributed by atoms with van der Waals surface area (Å²) in [5, 5.41) is 9.13. The molecule has 0 aliphatic carbocycles. The number of rotatable bonds is 6. The van der Waals surface area contributed by atoms with Crippen LogP contribution >= 0.6 is 0 Å². The number of hydrogen-bond acceptors (Lipinski definition) is 2. The average Bonchev–Trinajstić information content (AvgIpc) is 2.34. The molecule has 0 aliphatic rings. The van der Waals surface area contributed by atoms with Gasteiger partial charge in [-0.25, -0.2) is 0 Å². The first-order valence-corrected chi connectivity index (χ1v) is 7.08. The van der Waals surface area contributed by atoms with Gasteiger partial charge in [-0.05, 0) is 44.4 Å². The molecule has 0 radical (unpaired) electrons. The molecule has 19 heavy (non-hydrogen) atoms. The van der Waals surface area contributed by atoms with Gasteiger partial charge in [0.15, 0.2) is 0 Å². The lowest BCUT2D eigenvalue weighted by Gasteiger charge is -2.22. The number of likely N-dealkylation sites (N-methyl/N-ethyl adjacent to an activating group) is 1. The van der Waals surface area contributed by atoms with E-state index in [1.54, 1.807) is 0 Å². The molecule has 2 heteroatoms. The summed E-state index contributed by atoms with van der Waals surface area (Å²) in [4.78, 5) is 2.27. The summed E-state index contributed by atoms with van der Waals surface area (Å²) < 4.78 is 0. The molecule has 1 rings (SSSR count). The summed E-state index contributed by atoms with van der Waals surface area (Å²) in [7, 11) is 2.11. The Hall–Kier alpha value is -1.33. The zero-order chi connectivity index (χ0) is 14.4. The first-order chi connectivity index (χ1) is 8.93. The van der Waals surface area contributed by atoms with Crippen LogP contribution in [0.2, 0.25) is 0 Å². The van der Waals surface area contributed by atoms with Crippen LogP contribution in [0.25, 0.3) is 0 Å². The molecule has 0 fully saturated rings. The lowest BCUT2D eigenvalue weighted by molar-refractivity contribution is 0.274. The molecule has 0 bridgehead atoms. The van der Waals surface area contributed by atoms with Crippen molar-refractivity contribution in [2.24, 2.45) is 11.8 Å². The average molecular weight is 258 g/mol. The monoisotopic (exact) mass is 258 g/mol. The molecule has 0 N–H and O–H groups in total. The topological polar surface area (TPSA) is 27.0 Å². The number of hydrogen-bond donors (Lipinski definition) is 0.